The highest BCUT2D eigenvalue weighted by Gasteiger charge is 2.27. The van der Waals surface area contributed by atoms with Gasteiger partial charge in [0.05, 0.1) is 16.9 Å². The van der Waals surface area contributed by atoms with Crippen molar-refractivity contribution in [1.82, 2.24) is 10.2 Å². The molecule has 1 saturated carbocycles. The standard InChI is InChI=1S/C7H7ClN2/c8-6-3-4-9-10-7(6)5-1-2-5/h3-5H,1-2H2. The fourth-order valence-electron chi connectivity index (χ4n) is 0.961. The quantitative estimate of drug-likeness (QED) is 0.619. The van der Waals surface area contributed by atoms with E-state index in [-0.39, 0.29) is 0 Å². The van der Waals surface area contributed by atoms with E-state index in [0.717, 1.165) is 10.7 Å². The van der Waals surface area contributed by atoms with Gasteiger partial charge in [0.25, 0.3) is 0 Å². The lowest BCUT2D eigenvalue weighted by atomic mass is 10.3. The van der Waals surface area contributed by atoms with Gasteiger partial charge in [-0.3, -0.25) is 0 Å². The lowest BCUT2D eigenvalue weighted by molar-refractivity contribution is 0.910. The van der Waals surface area contributed by atoms with Crippen molar-refractivity contribution in [2.45, 2.75) is 18.8 Å². The summed E-state index contributed by atoms with van der Waals surface area (Å²) in [4.78, 5) is 0. The van der Waals surface area contributed by atoms with E-state index in [1.807, 2.05) is 0 Å². The lowest BCUT2D eigenvalue weighted by Gasteiger charge is -1.95. The Bertz CT molecular complexity index is 245. The van der Waals surface area contributed by atoms with Gasteiger partial charge in [-0.25, -0.2) is 0 Å². The molecule has 0 N–H and O–H groups in total. The molecule has 2 nitrogen and oxygen atoms in total. The fourth-order valence-corrected chi connectivity index (χ4v) is 1.21. The van der Waals surface area contributed by atoms with Gasteiger partial charge in [0.2, 0.25) is 0 Å². The normalized spacial score (nSPS) is 17.3. The summed E-state index contributed by atoms with van der Waals surface area (Å²) in [6.07, 6.45) is 4.06. The highest BCUT2D eigenvalue weighted by atomic mass is 35.5. The Hall–Kier alpha value is -0.630. The van der Waals surface area contributed by atoms with Crippen molar-refractivity contribution in [2.75, 3.05) is 0 Å². The maximum absolute atomic E-state index is 5.86. The Morgan fingerprint density at radius 1 is 1.50 bits per heavy atom. The molecule has 0 radical (unpaired) electrons. The average Bonchev–Trinajstić information content (AvgIpc) is 2.71. The maximum atomic E-state index is 5.86. The molecule has 0 unspecified atom stereocenters. The summed E-state index contributed by atoms with van der Waals surface area (Å²) in [5.74, 6) is 0.598. The number of hydrogen-bond donors (Lipinski definition) is 0. The van der Waals surface area contributed by atoms with Crippen LogP contribution in [0.5, 0.6) is 0 Å². The summed E-state index contributed by atoms with van der Waals surface area (Å²) in [6.45, 7) is 0. The molecule has 3 heteroatoms. The van der Waals surface area contributed by atoms with Gasteiger partial charge in [0, 0.05) is 5.92 Å². The van der Waals surface area contributed by atoms with Crippen molar-refractivity contribution in [1.29, 1.82) is 0 Å². The predicted octanol–water partition coefficient (Wildman–Crippen LogP) is 2.01. The Morgan fingerprint density at radius 2 is 2.30 bits per heavy atom. The molecule has 1 aromatic rings. The minimum Gasteiger partial charge on any atom is -0.159 e. The summed E-state index contributed by atoms with van der Waals surface area (Å²) >= 11 is 5.86. The predicted molar refractivity (Wildman–Crippen MR) is 39.0 cm³/mol. The van der Waals surface area contributed by atoms with E-state index in [2.05, 4.69) is 10.2 Å². The van der Waals surface area contributed by atoms with E-state index < -0.39 is 0 Å². The number of aromatic nitrogens is 2. The van der Waals surface area contributed by atoms with E-state index >= 15 is 0 Å². The Labute approximate surface area is 64.2 Å². The van der Waals surface area contributed by atoms with Crippen LogP contribution in [0.3, 0.4) is 0 Å². The minimum absolute atomic E-state index is 0.598. The van der Waals surface area contributed by atoms with E-state index in [4.69, 9.17) is 11.6 Å². The molecule has 0 amide bonds. The van der Waals surface area contributed by atoms with Crippen LogP contribution in [0.1, 0.15) is 24.5 Å². The van der Waals surface area contributed by atoms with Crippen molar-refractivity contribution in [2.24, 2.45) is 0 Å². The SMILES string of the molecule is Clc1ccnnc1C1CC1. The van der Waals surface area contributed by atoms with Gasteiger partial charge < -0.3 is 0 Å². The van der Waals surface area contributed by atoms with E-state index in [1.54, 1.807) is 12.3 Å². The third-order valence-corrected chi connectivity index (χ3v) is 1.98. The number of hydrogen-bond acceptors (Lipinski definition) is 2. The van der Waals surface area contributed by atoms with Gasteiger partial charge in [-0.1, -0.05) is 11.6 Å². The topological polar surface area (TPSA) is 25.8 Å². The van der Waals surface area contributed by atoms with Gasteiger partial charge in [0.1, 0.15) is 0 Å². The van der Waals surface area contributed by atoms with Crippen LogP contribution in [0.25, 0.3) is 0 Å². The summed E-state index contributed by atoms with van der Waals surface area (Å²) in [6, 6.07) is 1.79. The van der Waals surface area contributed by atoms with Crippen molar-refractivity contribution in [3.05, 3.63) is 23.0 Å². The van der Waals surface area contributed by atoms with Crippen LogP contribution < -0.4 is 0 Å². The summed E-state index contributed by atoms with van der Waals surface area (Å²) in [7, 11) is 0. The highest BCUT2D eigenvalue weighted by molar-refractivity contribution is 6.31. The van der Waals surface area contributed by atoms with Crippen molar-refractivity contribution >= 4 is 11.6 Å². The minimum atomic E-state index is 0.598. The van der Waals surface area contributed by atoms with Crippen molar-refractivity contribution in [3.63, 3.8) is 0 Å². The zero-order valence-electron chi connectivity index (χ0n) is 5.42. The molecule has 0 bridgehead atoms. The van der Waals surface area contributed by atoms with Crippen LogP contribution in [0.4, 0.5) is 0 Å². The first-order valence-corrected chi connectivity index (χ1v) is 3.73. The van der Waals surface area contributed by atoms with Gasteiger partial charge in [-0.2, -0.15) is 10.2 Å². The van der Waals surface area contributed by atoms with E-state index in [1.165, 1.54) is 12.8 Å². The number of nitrogens with zero attached hydrogens (tertiary/aromatic N) is 2. The molecular formula is C7H7ClN2. The van der Waals surface area contributed by atoms with Crippen molar-refractivity contribution < 1.29 is 0 Å². The Balaban J connectivity index is 2.39. The highest BCUT2D eigenvalue weighted by Crippen LogP contribution is 2.41. The first kappa shape index (κ1) is 6.10. The monoisotopic (exact) mass is 154 g/mol. The first-order valence-electron chi connectivity index (χ1n) is 3.35. The Morgan fingerprint density at radius 3 is 2.90 bits per heavy atom. The van der Waals surface area contributed by atoms with E-state index in [9.17, 15) is 0 Å². The molecule has 0 spiro atoms. The average molecular weight is 155 g/mol. The summed E-state index contributed by atoms with van der Waals surface area (Å²) in [5.41, 5.74) is 0.976. The van der Waals surface area contributed by atoms with Gasteiger partial charge in [-0.15, -0.1) is 0 Å². The van der Waals surface area contributed by atoms with Crippen LogP contribution >= 0.6 is 11.6 Å². The van der Waals surface area contributed by atoms with Gasteiger partial charge in [-0.05, 0) is 18.9 Å². The van der Waals surface area contributed by atoms with Crippen LogP contribution in [0.15, 0.2) is 12.3 Å². The molecule has 1 heterocycles. The molecule has 0 aliphatic heterocycles. The van der Waals surface area contributed by atoms with E-state index in [0.29, 0.717) is 5.92 Å². The third kappa shape index (κ3) is 0.991. The first-order chi connectivity index (χ1) is 4.88. The summed E-state index contributed by atoms with van der Waals surface area (Å²) < 4.78 is 0. The molecule has 1 aliphatic carbocycles. The maximum Gasteiger partial charge on any atom is 0.0847 e. The molecule has 1 fully saturated rings. The molecule has 2 rings (SSSR count). The molecule has 0 aromatic carbocycles. The molecule has 1 aliphatic rings. The fraction of sp³-hybridized carbons (Fsp3) is 0.429. The van der Waals surface area contributed by atoms with Crippen LogP contribution in [-0.2, 0) is 0 Å². The second-order valence-electron chi connectivity index (χ2n) is 2.54. The number of halogens is 1. The van der Waals surface area contributed by atoms with Crippen molar-refractivity contribution in [3.8, 4) is 0 Å². The molecule has 0 atom stereocenters. The number of rotatable bonds is 1. The smallest absolute Gasteiger partial charge is 0.0847 e. The zero-order valence-corrected chi connectivity index (χ0v) is 6.17. The molecular weight excluding hydrogens is 148 g/mol. The largest absolute Gasteiger partial charge is 0.159 e. The molecule has 52 valence electrons. The second kappa shape index (κ2) is 2.20. The van der Waals surface area contributed by atoms with Crippen LogP contribution in [-0.4, -0.2) is 10.2 Å². The van der Waals surface area contributed by atoms with Crippen LogP contribution in [0, 0.1) is 0 Å². The Kier molecular flexibility index (Phi) is 1.34. The molecule has 1 aromatic heterocycles. The third-order valence-electron chi connectivity index (χ3n) is 1.66. The van der Waals surface area contributed by atoms with Gasteiger partial charge >= 0.3 is 0 Å². The zero-order chi connectivity index (χ0) is 6.97. The summed E-state index contributed by atoms with van der Waals surface area (Å²) in [5, 5.41) is 8.49. The molecule has 0 saturated heterocycles. The van der Waals surface area contributed by atoms with Gasteiger partial charge in [0.15, 0.2) is 0 Å². The van der Waals surface area contributed by atoms with Crippen LogP contribution in [0.2, 0.25) is 5.02 Å². The lowest BCUT2D eigenvalue weighted by Crippen LogP contribution is -1.89. The second-order valence-corrected chi connectivity index (χ2v) is 2.95. The molecule has 10 heavy (non-hydrogen) atoms.